The number of aliphatic hydroxyl groups is 1. The molecule has 0 saturated carbocycles. The lowest BCUT2D eigenvalue weighted by Crippen LogP contribution is -2.13. The molecule has 1 rings (SSSR count). The molecule has 9 nitrogen and oxygen atoms in total. The lowest BCUT2D eigenvalue weighted by Gasteiger charge is -2.10. The summed E-state index contributed by atoms with van der Waals surface area (Å²) in [5.74, 6) is -0.762. The Kier molecular flexibility index (Phi) is 3.43. The molecular formula is C8H9N3O6. The molecule has 0 saturated heterocycles. The molecule has 0 heterocycles. The molecule has 1 atom stereocenters. The summed E-state index contributed by atoms with van der Waals surface area (Å²) in [7, 11) is 0. The zero-order chi connectivity index (χ0) is 13.2. The van der Waals surface area contributed by atoms with E-state index in [9.17, 15) is 25.3 Å². The number of nitro groups is 2. The van der Waals surface area contributed by atoms with Crippen molar-refractivity contribution in [3.05, 3.63) is 32.4 Å². The molecule has 0 bridgehead atoms. The van der Waals surface area contributed by atoms with Crippen LogP contribution in [0.15, 0.2) is 12.1 Å². The van der Waals surface area contributed by atoms with E-state index in [1.807, 2.05) is 0 Å². The number of hydrogen-bond donors (Lipinski definition) is 3. The Labute approximate surface area is 94.6 Å². The topological polar surface area (TPSA) is 139 Å². The highest BCUT2D eigenvalue weighted by molar-refractivity contribution is 5.70. The molecule has 1 aromatic rings. The number of rotatable bonds is 4. The van der Waals surface area contributed by atoms with Crippen molar-refractivity contribution in [2.45, 2.75) is 13.2 Å². The van der Waals surface area contributed by atoms with Crippen LogP contribution in [-0.4, -0.2) is 26.3 Å². The van der Waals surface area contributed by atoms with Crippen LogP contribution in [0, 0.1) is 20.2 Å². The molecule has 3 N–H and O–H groups in total. The molecule has 0 radical (unpaired) electrons. The van der Waals surface area contributed by atoms with Gasteiger partial charge in [-0.15, -0.1) is 0 Å². The van der Waals surface area contributed by atoms with E-state index >= 15 is 0 Å². The van der Waals surface area contributed by atoms with Crippen LogP contribution in [0.25, 0.3) is 0 Å². The van der Waals surface area contributed by atoms with Gasteiger partial charge in [0, 0.05) is 6.07 Å². The highest BCUT2D eigenvalue weighted by Crippen LogP contribution is 2.38. The SMILES string of the molecule is CC(O)Nc1cc([N+](=O)[O-])cc([N+](=O)[O-])c1O. The molecule has 17 heavy (non-hydrogen) atoms. The second-order valence-corrected chi connectivity index (χ2v) is 3.20. The Bertz CT molecular complexity index is 473. The summed E-state index contributed by atoms with van der Waals surface area (Å²) in [4.78, 5) is 19.3. The van der Waals surface area contributed by atoms with Crippen molar-refractivity contribution in [2.75, 3.05) is 5.32 Å². The molecule has 1 aromatic carbocycles. The number of phenols is 1. The zero-order valence-corrected chi connectivity index (χ0v) is 8.65. The van der Waals surface area contributed by atoms with Gasteiger partial charge in [0.05, 0.1) is 21.6 Å². The average Bonchev–Trinajstić information content (AvgIpc) is 2.19. The van der Waals surface area contributed by atoms with E-state index in [1.54, 1.807) is 0 Å². The molecule has 0 amide bonds. The molecule has 0 aliphatic carbocycles. The summed E-state index contributed by atoms with van der Waals surface area (Å²) in [5, 5.41) is 41.9. The number of aliphatic hydroxyl groups excluding tert-OH is 1. The Hall–Kier alpha value is -2.42. The third-order valence-corrected chi connectivity index (χ3v) is 1.85. The number of nitrogens with zero attached hydrogens (tertiary/aromatic N) is 2. The average molecular weight is 243 g/mol. The van der Waals surface area contributed by atoms with Crippen LogP contribution in [0.1, 0.15) is 6.92 Å². The minimum atomic E-state index is -1.12. The van der Waals surface area contributed by atoms with Gasteiger partial charge in [-0.25, -0.2) is 0 Å². The first-order valence-corrected chi connectivity index (χ1v) is 4.43. The summed E-state index contributed by atoms with van der Waals surface area (Å²) in [6, 6.07) is 1.54. The Balaban J connectivity index is 3.37. The maximum Gasteiger partial charge on any atom is 0.319 e. The van der Waals surface area contributed by atoms with Crippen molar-refractivity contribution < 1.29 is 20.1 Å². The second kappa shape index (κ2) is 4.61. The number of aromatic hydroxyl groups is 1. The number of benzene rings is 1. The third-order valence-electron chi connectivity index (χ3n) is 1.85. The molecule has 0 aliphatic heterocycles. The standard InChI is InChI=1S/C8H9N3O6/c1-4(12)9-6-2-5(10(14)15)3-7(8(6)13)11(16)17/h2-4,9,12-13H,1H3. The fourth-order valence-corrected chi connectivity index (χ4v) is 1.18. The fraction of sp³-hybridized carbons (Fsp3) is 0.250. The number of phenolic OH excluding ortho intramolecular Hbond substituents is 1. The summed E-state index contributed by atoms with van der Waals surface area (Å²) >= 11 is 0. The van der Waals surface area contributed by atoms with Crippen molar-refractivity contribution in [3.8, 4) is 5.75 Å². The van der Waals surface area contributed by atoms with Crippen molar-refractivity contribution in [3.63, 3.8) is 0 Å². The van der Waals surface area contributed by atoms with Crippen LogP contribution < -0.4 is 5.32 Å². The molecule has 92 valence electrons. The van der Waals surface area contributed by atoms with Gasteiger partial charge in [0.15, 0.2) is 0 Å². The van der Waals surface area contributed by atoms with Crippen LogP contribution >= 0.6 is 0 Å². The number of anilines is 1. The predicted molar refractivity (Wildman–Crippen MR) is 56.7 cm³/mol. The van der Waals surface area contributed by atoms with Crippen molar-refractivity contribution in [1.82, 2.24) is 0 Å². The van der Waals surface area contributed by atoms with Gasteiger partial charge in [0.2, 0.25) is 5.75 Å². The summed E-state index contributed by atoms with van der Waals surface area (Å²) in [6.45, 7) is 1.30. The summed E-state index contributed by atoms with van der Waals surface area (Å²) in [6.07, 6.45) is -1.12. The zero-order valence-electron chi connectivity index (χ0n) is 8.65. The van der Waals surface area contributed by atoms with E-state index in [2.05, 4.69) is 5.32 Å². The minimum Gasteiger partial charge on any atom is -0.501 e. The summed E-state index contributed by atoms with van der Waals surface area (Å²) < 4.78 is 0. The molecule has 0 fully saturated rings. The van der Waals surface area contributed by atoms with Gasteiger partial charge < -0.3 is 15.5 Å². The first-order chi connectivity index (χ1) is 7.82. The van der Waals surface area contributed by atoms with Crippen LogP contribution in [0.2, 0.25) is 0 Å². The first kappa shape index (κ1) is 12.6. The number of non-ortho nitro benzene ring substituents is 1. The number of nitro benzene ring substituents is 2. The highest BCUT2D eigenvalue weighted by Gasteiger charge is 2.24. The quantitative estimate of drug-likeness (QED) is 0.309. The van der Waals surface area contributed by atoms with E-state index in [-0.39, 0.29) is 5.69 Å². The molecular weight excluding hydrogens is 234 g/mol. The normalized spacial score (nSPS) is 11.9. The van der Waals surface area contributed by atoms with Crippen LogP contribution in [0.3, 0.4) is 0 Å². The van der Waals surface area contributed by atoms with Crippen LogP contribution in [0.5, 0.6) is 5.75 Å². The van der Waals surface area contributed by atoms with Gasteiger partial charge >= 0.3 is 5.69 Å². The van der Waals surface area contributed by atoms with Crippen LogP contribution in [-0.2, 0) is 0 Å². The molecule has 0 aromatic heterocycles. The molecule has 9 heteroatoms. The second-order valence-electron chi connectivity index (χ2n) is 3.20. The smallest absolute Gasteiger partial charge is 0.319 e. The fourth-order valence-electron chi connectivity index (χ4n) is 1.18. The number of nitrogens with one attached hydrogen (secondary N) is 1. The van der Waals surface area contributed by atoms with E-state index in [4.69, 9.17) is 5.11 Å². The predicted octanol–water partition coefficient (Wildman–Crippen LogP) is 0.959. The Morgan fingerprint density at radius 3 is 2.29 bits per heavy atom. The summed E-state index contributed by atoms with van der Waals surface area (Å²) in [5.41, 5.74) is -1.64. The lowest BCUT2D eigenvalue weighted by molar-refractivity contribution is -0.394. The van der Waals surface area contributed by atoms with Crippen LogP contribution in [0.4, 0.5) is 17.1 Å². The maximum atomic E-state index is 10.6. The first-order valence-electron chi connectivity index (χ1n) is 4.43. The van der Waals surface area contributed by atoms with Crippen molar-refractivity contribution in [2.24, 2.45) is 0 Å². The van der Waals surface area contributed by atoms with Crippen molar-refractivity contribution in [1.29, 1.82) is 0 Å². The molecule has 0 spiro atoms. The maximum absolute atomic E-state index is 10.6. The Morgan fingerprint density at radius 1 is 1.29 bits per heavy atom. The highest BCUT2D eigenvalue weighted by atomic mass is 16.6. The van der Waals surface area contributed by atoms with Gasteiger partial charge in [-0.3, -0.25) is 20.2 Å². The van der Waals surface area contributed by atoms with E-state index < -0.39 is 33.2 Å². The van der Waals surface area contributed by atoms with Gasteiger partial charge in [0.1, 0.15) is 6.23 Å². The Morgan fingerprint density at radius 2 is 1.88 bits per heavy atom. The largest absolute Gasteiger partial charge is 0.501 e. The van der Waals surface area contributed by atoms with Gasteiger partial charge in [-0.05, 0) is 6.92 Å². The van der Waals surface area contributed by atoms with E-state index in [0.29, 0.717) is 6.07 Å². The third kappa shape index (κ3) is 2.78. The monoisotopic (exact) mass is 243 g/mol. The number of hydrogen-bond acceptors (Lipinski definition) is 7. The van der Waals surface area contributed by atoms with Gasteiger partial charge in [-0.1, -0.05) is 0 Å². The molecule has 1 unspecified atom stereocenters. The van der Waals surface area contributed by atoms with Gasteiger partial charge in [0.25, 0.3) is 5.69 Å². The van der Waals surface area contributed by atoms with E-state index in [1.165, 1.54) is 6.92 Å². The van der Waals surface area contributed by atoms with Gasteiger partial charge in [-0.2, -0.15) is 0 Å². The van der Waals surface area contributed by atoms with E-state index in [0.717, 1.165) is 6.07 Å². The minimum absolute atomic E-state index is 0.277. The molecule has 0 aliphatic rings. The van der Waals surface area contributed by atoms with Crippen molar-refractivity contribution >= 4 is 17.1 Å². The lowest BCUT2D eigenvalue weighted by atomic mass is 10.2.